The lowest BCUT2D eigenvalue weighted by Crippen LogP contribution is -2.53. The highest BCUT2D eigenvalue weighted by molar-refractivity contribution is 5.77. The number of hydrogen-bond donors (Lipinski definition) is 2. The summed E-state index contributed by atoms with van der Waals surface area (Å²) < 4.78 is 25.4. The van der Waals surface area contributed by atoms with Crippen molar-refractivity contribution in [2.75, 3.05) is 19.7 Å². The summed E-state index contributed by atoms with van der Waals surface area (Å²) in [4.78, 5) is 11.9. The van der Waals surface area contributed by atoms with Gasteiger partial charge in [-0.05, 0) is 0 Å². The van der Waals surface area contributed by atoms with E-state index in [-0.39, 0.29) is 6.54 Å². The van der Waals surface area contributed by atoms with Gasteiger partial charge in [-0.2, -0.15) is 0 Å². The third-order valence-electron chi connectivity index (χ3n) is 2.08. The average molecular weight is 195 g/mol. The number of rotatable bonds is 1. The molecule has 1 aliphatic rings. The Morgan fingerprint density at radius 1 is 1.62 bits per heavy atom. The minimum Gasteiger partial charge on any atom is -0.387 e. The third-order valence-corrected chi connectivity index (χ3v) is 2.08. The van der Waals surface area contributed by atoms with Crippen LogP contribution >= 0.6 is 0 Å². The average Bonchev–Trinajstić information content (AvgIpc) is 2.08. The van der Waals surface area contributed by atoms with Crippen molar-refractivity contribution in [3.8, 4) is 0 Å². The number of alkyl halides is 2. The zero-order chi connectivity index (χ0) is 10.1. The number of β-amino-alcohol motifs (C(OH)–C–C–N with tert-alkyl or cyclic N) is 1. The van der Waals surface area contributed by atoms with Crippen LogP contribution in [0.25, 0.3) is 0 Å². The predicted molar refractivity (Wildman–Crippen MR) is 39.2 cm³/mol. The molecule has 0 aliphatic carbocycles. The summed E-state index contributed by atoms with van der Waals surface area (Å²) in [6.07, 6.45) is -2.38. The maximum absolute atomic E-state index is 12.7. The molecule has 76 valence electrons. The van der Waals surface area contributed by atoms with Crippen LogP contribution in [-0.2, 0) is 4.79 Å². The molecule has 1 rings (SSSR count). The second-order valence-electron chi connectivity index (χ2n) is 3.02. The van der Waals surface area contributed by atoms with E-state index in [1.54, 1.807) is 0 Å². The summed E-state index contributed by atoms with van der Waals surface area (Å²) in [5.74, 6) is -3.75. The molecule has 1 heterocycles. The van der Waals surface area contributed by atoms with E-state index in [9.17, 15) is 13.6 Å². The highest BCUT2D eigenvalue weighted by Crippen LogP contribution is 2.28. The van der Waals surface area contributed by atoms with E-state index in [1.807, 2.05) is 0 Å². The van der Waals surface area contributed by atoms with Gasteiger partial charge in [0.2, 0.25) is 5.91 Å². The number of piperidine rings is 1. The molecule has 1 saturated heterocycles. The molecule has 0 saturated carbocycles. The minimum absolute atomic E-state index is 0.122. The number of amides is 1. The highest BCUT2D eigenvalue weighted by atomic mass is 19.3. The Balaban J connectivity index is 2.56. The minimum atomic E-state index is -3.12. The number of aliphatic hydroxyl groups is 2. The lowest BCUT2D eigenvalue weighted by molar-refractivity contribution is -0.163. The molecular weight excluding hydrogens is 184 g/mol. The first-order chi connectivity index (χ1) is 5.97. The van der Waals surface area contributed by atoms with E-state index in [2.05, 4.69) is 0 Å². The van der Waals surface area contributed by atoms with Crippen LogP contribution < -0.4 is 0 Å². The van der Waals surface area contributed by atoms with Crippen LogP contribution in [0.1, 0.15) is 6.42 Å². The van der Waals surface area contributed by atoms with Crippen LogP contribution in [0.2, 0.25) is 0 Å². The number of hydrogen-bond acceptors (Lipinski definition) is 3. The van der Waals surface area contributed by atoms with Gasteiger partial charge in [0.05, 0.1) is 6.54 Å². The molecule has 4 nitrogen and oxygen atoms in total. The first-order valence-corrected chi connectivity index (χ1v) is 3.92. The second kappa shape index (κ2) is 3.55. The Hall–Kier alpha value is -0.750. The fourth-order valence-corrected chi connectivity index (χ4v) is 1.21. The molecule has 13 heavy (non-hydrogen) atoms. The molecule has 1 unspecified atom stereocenters. The summed E-state index contributed by atoms with van der Waals surface area (Å²) in [6, 6.07) is 0. The Bertz CT molecular complexity index is 210. The van der Waals surface area contributed by atoms with Gasteiger partial charge in [-0.15, -0.1) is 0 Å². The van der Waals surface area contributed by atoms with Gasteiger partial charge in [0.25, 0.3) is 5.92 Å². The van der Waals surface area contributed by atoms with Crippen LogP contribution in [0.4, 0.5) is 8.78 Å². The molecule has 1 amide bonds. The monoisotopic (exact) mass is 195 g/mol. The number of carbonyl (C=O) groups is 1. The Kier molecular flexibility index (Phi) is 2.82. The lowest BCUT2D eigenvalue weighted by Gasteiger charge is -2.35. The molecule has 0 aromatic carbocycles. The maximum atomic E-state index is 12.7. The third kappa shape index (κ3) is 2.13. The molecule has 1 fully saturated rings. The standard InChI is InChI=1S/C7H11F2NO3/c8-7(9)1-2-10(3-5(7)12)6(13)4-11/h5,11-12H,1-4H2. The van der Waals surface area contributed by atoms with Gasteiger partial charge in [0.1, 0.15) is 12.7 Å². The van der Waals surface area contributed by atoms with Crippen LogP contribution in [0, 0.1) is 0 Å². The van der Waals surface area contributed by atoms with Crippen molar-refractivity contribution in [2.24, 2.45) is 0 Å². The van der Waals surface area contributed by atoms with Crippen molar-refractivity contribution in [3.05, 3.63) is 0 Å². The fourth-order valence-electron chi connectivity index (χ4n) is 1.21. The van der Waals surface area contributed by atoms with Crippen molar-refractivity contribution in [2.45, 2.75) is 18.4 Å². The zero-order valence-corrected chi connectivity index (χ0v) is 6.91. The van der Waals surface area contributed by atoms with E-state index in [0.29, 0.717) is 0 Å². The molecule has 0 bridgehead atoms. The van der Waals surface area contributed by atoms with Gasteiger partial charge in [-0.3, -0.25) is 4.79 Å². The molecule has 0 spiro atoms. The molecule has 2 N–H and O–H groups in total. The van der Waals surface area contributed by atoms with Gasteiger partial charge in [0, 0.05) is 13.0 Å². The van der Waals surface area contributed by atoms with Crippen molar-refractivity contribution in [3.63, 3.8) is 0 Å². The van der Waals surface area contributed by atoms with Crippen molar-refractivity contribution >= 4 is 5.91 Å². The molecule has 0 radical (unpaired) electrons. The Labute approximate surface area is 73.8 Å². The van der Waals surface area contributed by atoms with Crippen LogP contribution in [0.15, 0.2) is 0 Å². The first-order valence-electron chi connectivity index (χ1n) is 3.92. The van der Waals surface area contributed by atoms with E-state index in [0.717, 1.165) is 4.90 Å². The molecular formula is C7H11F2NO3. The van der Waals surface area contributed by atoms with Crippen molar-refractivity contribution < 1.29 is 23.8 Å². The predicted octanol–water partition coefficient (Wildman–Crippen LogP) is -0.793. The van der Waals surface area contributed by atoms with Gasteiger partial charge in [-0.1, -0.05) is 0 Å². The van der Waals surface area contributed by atoms with Gasteiger partial charge in [0.15, 0.2) is 0 Å². The largest absolute Gasteiger partial charge is 0.387 e. The van der Waals surface area contributed by atoms with Crippen molar-refractivity contribution in [1.29, 1.82) is 0 Å². The highest BCUT2D eigenvalue weighted by Gasteiger charge is 2.43. The first kappa shape index (κ1) is 10.3. The molecule has 0 aromatic heterocycles. The summed E-state index contributed by atoms with van der Waals surface area (Å²) >= 11 is 0. The lowest BCUT2D eigenvalue weighted by atomic mass is 10.0. The smallest absolute Gasteiger partial charge is 0.276 e. The summed E-state index contributed by atoms with van der Waals surface area (Å²) in [5.41, 5.74) is 0. The van der Waals surface area contributed by atoms with Crippen LogP contribution in [0.5, 0.6) is 0 Å². The van der Waals surface area contributed by atoms with Crippen LogP contribution in [-0.4, -0.2) is 52.7 Å². The number of aliphatic hydroxyl groups excluding tert-OH is 2. The fraction of sp³-hybridized carbons (Fsp3) is 0.857. The number of halogens is 2. The number of nitrogens with zero attached hydrogens (tertiary/aromatic N) is 1. The van der Waals surface area contributed by atoms with Crippen LogP contribution in [0.3, 0.4) is 0 Å². The summed E-state index contributed by atoms with van der Waals surface area (Å²) in [7, 11) is 0. The SMILES string of the molecule is O=C(CO)N1CCC(F)(F)C(O)C1. The Morgan fingerprint density at radius 2 is 2.23 bits per heavy atom. The summed E-state index contributed by atoms with van der Waals surface area (Å²) in [5, 5.41) is 17.4. The molecule has 1 atom stereocenters. The second-order valence-corrected chi connectivity index (χ2v) is 3.02. The molecule has 1 aliphatic heterocycles. The zero-order valence-electron chi connectivity index (χ0n) is 6.91. The normalized spacial score (nSPS) is 27.4. The van der Waals surface area contributed by atoms with Gasteiger partial charge in [-0.25, -0.2) is 8.78 Å². The van der Waals surface area contributed by atoms with Crippen molar-refractivity contribution in [1.82, 2.24) is 4.90 Å². The summed E-state index contributed by atoms with van der Waals surface area (Å²) in [6.45, 7) is -1.24. The van der Waals surface area contributed by atoms with E-state index in [1.165, 1.54) is 0 Å². The maximum Gasteiger partial charge on any atom is 0.276 e. The quantitative estimate of drug-likeness (QED) is 0.576. The van der Waals surface area contributed by atoms with Gasteiger partial charge >= 0.3 is 0 Å². The van der Waals surface area contributed by atoms with E-state index >= 15 is 0 Å². The Morgan fingerprint density at radius 3 is 2.69 bits per heavy atom. The van der Waals surface area contributed by atoms with E-state index in [4.69, 9.17) is 10.2 Å². The molecule has 6 heteroatoms. The number of likely N-dealkylation sites (tertiary alicyclic amines) is 1. The van der Waals surface area contributed by atoms with Gasteiger partial charge < -0.3 is 15.1 Å². The van der Waals surface area contributed by atoms with E-state index < -0.39 is 37.5 Å². The topological polar surface area (TPSA) is 60.8 Å². The molecule has 0 aromatic rings. The number of carbonyl (C=O) groups excluding carboxylic acids is 1.